The maximum Gasteiger partial charge on any atom is 1.00 e. The molecule has 2 aromatic carbocycles. The minimum absolute atomic E-state index is 0. The zero-order valence-electron chi connectivity index (χ0n) is 36.4. The van der Waals surface area contributed by atoms with Crippen LogP contribution < -0.4 is 56.3 Å². The van der Waals surface area contributed by atoms with Gasteiger partial charge < -0.3 is 23.7 Å². The third-order valence-corrected chi connectivity index (χ3v) is 13.4. The van der Waals surface area contributed by atoms with Crippen LogP contribution in [0.15, 0.2) is 70.1 Å². The summed E-state index contributed by atoms with van der Waals surface area (Å²) in [5.41, 5.74) is 2.53. The second-order valence-electron chi connectivity index (χ2n) is 16.8. The molecule has 0 N–H and O–H groups in total. The van der Waals surface area contributed by atoms with E-state index in [4.69, 9.17) is 9.68 Å². The minimum atomic E-state index is -4.77. The van der Waals surface area contributed by atoms with Gasteiger partial charge in [0.2, 0.25) is 5.69 Å². The molecule has 0 aromatic heterocycles. The summed E-state index contributed by atoms with van der Waals surface area (Å²) in [6.45, 7) is 8.48. The van der Waals surface area contributed by atoms with Gasteiger partial charge >= 0.3 is 63.3 Å². The molecule has 4 heterocycles. The predicted octanol–water partition coefficient (Wildman–Crippen LogP) is 1.45. The van der Waals surface area contributed by atoms with Crippen LogP contribution >= 0.6 is 0 Å². The van der Waals surface area contributed by atoms with E-state index < -0.39 is 66.6 Å². The van der Waals surface area contributed by atoms with Crippen LogP contribution in [-0.4, -0.2) is 95.0 Å². The molecule has 4 aliphatic rings. The number of carbonyl (C=O) groups is 6. The second kappa shape index (κ2) is 20.3. The summed E-state index contributed by atoms with van der Waals surface area (Å²) in [5.74, 6) is -3.65. The van der Waals surface area contributed by atoms with Crippen LogP contribution in [0.1, 0.15) is 116 Å². The first-order valence-corrected chi connectivity index (χ1v) is 23.5. The maximum absolute atomic E-state index is 12.4. The van der Waals surface area contributed by atoms with E-state index in [1.807, 2.05) is 55.4 Å². The summed E-state index contributed by atoms with van der Waals surface area (Å²) < 4.78 is 74.5. The Morgan fingerprint density at radius 3 is 1.69 bits per heavy atom. The van der Waals surface area contributed by atoms with E-state index in [2.05, 4.69) is 0 Å². The third kappa shape index (κ3) is 11.2. The molecule has 0 spiro atoms. The fourth-order valence-electron chi connectivity index (χ4n) is 8.38. The Balaban J connectivity index is 0.00000771. The minimum Gasteiger partial charge on any atom is -0.744 e. The molecule has 4 amide bonds. The molecule has 0 atom stereocenters. The van der Waals surface area contributed by atoms with Crippen molar-refractivity contribution in [3.8, 4) is 0 Å². The van der Waals surface area contributed by atoms with Gasteiger partial charge in [-0.25, -0.2) is 26.4 Å². The van der Waals surface area contributed by atoms with E-state index in [1.165, 1.54) is 24.3 Å². The quantitative estimate of drug-likeness (QED) is 0.0675. The van der Waals surface area contributed by atoms with Gasteiger partial charge in [-0.1, -0.05) is 26.3 Å². The number of rotatable bonds is 18. The Hall–Kier alpha value is -3.93. The molecule has 338 valence electrons. The third-order valence-electron chi connectivity index (χ3n) is 11.7. The fourth-order valence-corrected chi connectivity index (χ4v) is 9.37. The van der Waals surface area contributed by atoms with Gasteiger partial charge in [0.25, 0.3) is 23.6 Å². The number of imide groups is 2. The Kier molecular flexibility index (Phi) is 16.2. The van der Waals surface area contributed by atoms with E-state index in [-0.39, 0.29) is 99.7 Å². The number of unbranched alkanes of at least 4 members (excludes halogenated alkanes) is 4. The molecular weight excluding hydrogens is 900 g/mol. The van der Waals surface area contributed by atoms with Crippen LogP contribution in [0.4, 0.5) is 11.4 Å². The monoisotopic (exact) mass is 948 g/mol. The topological polar surface area (TPSA) is 248 Å². The summed E-state index contributed by atoms with van der Waals surface area (Å²) in [6, 6.07) is 8.47. The van der Waals surface area contributed by atoms with Gasteiger partial charge in [0, 0.05) is 86.0 Å². The maximum atomic E-state index is 12.4. The Labute approximate surface area is 414 Å². The van der Waals surface area contributed by atoms with E-state index in [0.717, 1.165) is 11.4 Å². The van der Waals surface area contributed by atoms with Gasteiger partial charge in [-0.3, -0.25) is 19.2 Å². The molecule has 21 heteroatoms. The van der Waals surface area contributed by atoms with Gasteiger partial charge in [-0.2, -0.15) is 4.58 Å². The van der Waals surface area contributed by atoms with Gasteiger partial charge in [-0.05, 0) is 81.5 Å². The van der Waals surface area contributed by atoms with E-state index in [9.17, 15) is 54.7 Å². The van der Waals surface area contributed by atoms with E-state index in [1.54, 1.807) is 12.1 Å². The largest absolute Gasteiger partial charge is 1.00 e. The van der Waals surface area contributed by atoms with Crippen LogP contribution in [0.2, 0.25) is 0 Å². The van der Waals surface area contributed by atoms with Crippen molar-refractivity contribution < 1.29 is 120 Å². The predicted molar refractivity (Wildman–Crippen MR) is 221 cm³/mol. The van der Waals surface area contributed by atoms with Crippen LogP contribution in [-0.2, 0) is 69.5 Å². The molecule has 2 aromatic rings. The van der Waals surface area contributed by atoms with Gasteiger partial charge in [0.1, 0.15) is 26.8 Å². The average Bonchev–Trinajstić information content (AvgIpc) is 3.83. The first-order chi connectivity index (χ1) is 29.5. The zero-order chi connectivity index (χ0) is 46.1. The normalized spacial score (nSPS) is 18.7. The number of nitrogens with zero attached hydrogens (tertiary/aromatic N) is 4. The Bertz CT molecular complexity index is 2550. The van der Waals surface area contributed by atoms with Crippen molar-refractivity contribution in [3.05, 3.63) is 71.5 Å². The summed E-state index contributed by atoms with van der Waals surface area (Å²) in [5, 5.41) is 1.02. The number of anilines is 1. The molecule has 4 aliphatic heterocycles. The Morgan fingerprint density at radius 2 is 1.17 bits per heavy atom. The second-order valence-corrected chi connectivity index (χ2v) is 19.6. The number of hydroxylamine groups is 4. The molecule has 2 fully saturated rings. The number of benzene rings is 2. The van der Waals surface area contributed by atoms with Crippen molar-refractivity contribution in [2.24, 2.45) is 0 Å². The fraction of sp³-hybridized carbons (Fsp3) is 0.465. The van der Waals surface area contributed by atoms with Gasteiger partial charge in [-0.15, -0.1) is 10.1 Å². The van der Waals surface area contributed by atoms with Crippen molar-refractivity contribution in [3.63, 3.8) is 0 Å². The van der Waals surface area contributed by atoms with Crippen LogP contribution in [0.5, 0.6) is 0 Å². The number of allylic oxidation sites excluding steroid dienone is 4. The molecule has 0 unspecified atom stereocenters. The van der Waals surface area contributed by atoms with Crippen LogP contribution in [0, 0.1) is 0 Å². The molecule has 0 bridgehead atoms. The number of fused-ring (bicyclic) bond motifs is 2. The first kappa shape index (κ1) is 51.1. The van der Waals surface area contributed by atoms with Gasteiger partial charge in [0.15, 0.2) is 5.71 Å². The van der Waals surface area contributed by atoms with Gasteiger partial charge in [0.05, 0.1) is 15.2 Å². The SMILES string of the molecule is CC1(C)C(=CC=CC2=[N+](CCCCCC(=O)ON3C(=O)CCC3=O)c3ccc(S(=O)(=O)[O-])cc3C2(C)C)N(CCCCCC(=O)ON2C(=O)CCC2=O)c2ccc(S(=O)(=O)[O-])cc21.[K+]. The average molecular weight is 949 g/mol. The summed E-state index contributed by atoms with van der Waals surface area (Å²) >= 11 is 0. The molecule has 0 aliphatic carbocycles. The molecule has 6 rings (SSSR count). The molecule has 64 heavy (non-hydrogen) atoms. The number of hydrogen-bond donors (Lipinski definition) is 0. The van der Waals surface area contributed by atoms with Crippen LogP contribution in [0.3, 0.4) is 0 Å². The standard InChI is InChI=1S/C43H50N4O14S2.K/c1-42(2)30-26-28(62(54,55)56)16-18-32(30)44(24-9-5-7-14-40(52)60-46-36(48)20-21-37(46)49)34(42)12-11-13-35-43(3,4)31-27-29(63(57,58)59)17-19-33(31)45(35)25-10-6-8-15-41(53)61-47-38(50)22-23-39(47)51;/h11-13,16-19,26-27H,5-10,14-15,20-25H2,1-4H3,(H-,54,55,56,57,58,59);/q;+1/p-1. The molecule has 2 saturated heterocycles. The van der Waals surface area contributed by atoms with Crippen molar-refractivity contribution >= 4 is 72.9 Å². The van der Waals surface area contributed by atoms with E-state index >= 15 is 0 Å². The van der Waals surface area contributed by atoms with Crippen molar-refractivity contribution in [2.45, 2.75) is 125 Å². The molecule has 0 radical (unpaired) electrons. The first-order valence-electron chi connectivity index (χ1n) is 20.7. The van der Waals surface area contributed by atoms with Crippen molar-refractivity contribution in [1.82, 2.24) is 10.1 Å². The smallest absolute Gasteiger partial charge is 0.744 e. The number of carbonyl (C=O) groups excluding carboxylic acids is 6. The molecule has 0 saturated carbocycles. The number of hydrogen-bond acceptors (Lipinski definition) is 15. The summed E-state index contributed by atoms with van der Waals surface area (Å²) in [4.78, 5) is 83.3. The summed E-state index contributed by atoms with van der Waals surface area (Å²) in [6.07, 6.45) is 8.54. The molecule has 18 nitrogen and oxygen atoms in total. The van der Waals surface area contributed by atoms with Crippen LogP contribution in [0.25, 0.3) is 0 Å². The van der Waals surface area contributed by atoms with Crippen molar-refractivity contribution in [1.29, 1.82) is 0 Å². The Morgan fingerprint density at radius 1 is 0.688 bits per heavy atom. The van der Waals surface area contributed by atoms with E-state index in [0.29, 0.717) is 84.2 Å². The van der Waals surface area contributed by atoms with Crippen molar-refractivity contribution in [2.75, 3.05) is 18.0 Å². The zero-order valence-corrected chi connectivity index (χ0v) is 41.2. The molecular formula is C43H49KN4O14S2. The number of amides is 4. The summed E-state index contributed by atoms with van der Waals surface area (Å²) in [7, 11) is -9.55.